The van der Waals surface area contributed by atoms with Crippen molar-refractivity contribution in [3.8, 4) is 0 Å². The topological polar surface area (TPSA) is 108 Å². The molecule has 0 spiro atoms. The summed E-state index contributed by atoms with van der Waals surface area (Å²) in [6.07, 6.45) is 5.31. The Morgan fingerprint density at radius 2 is 2.15 bits per heavy atom. The fourth-order valence-electron chi connectivity index (χ4n) is 2.34. The van der Waals surface area contributed by atoms with Gasteiger partial charge in [-0.25, -0.2) is 4.39 Å². The molecule has 0 radical (unpaired) electrons. The zero-order valence-corrected chi connectivity index (χ0v) is 14.8. The summed E-state index contributed by atoms with van der Waals surface area (Å²) >= 11 is 6.00. The van der Waals surface area contributed by atoms with E-state index < -0.39 is 22.7 Å². The SMILES string of the molecule is CC(C(=O)Nc1cnn(Cc2ccc(F)cc2Cl)c1)n1cc([N+](=O)[O-])cn1. The lowest BCUT2D eigenvalue weighted by molar-refractivity contribution is -0.385. The summed E-state index contributed by atoms with van der Waals surface area (Å²) < 4.78 is 15.8. The number of aromatic nitrogens is 4. The largest absolute Gasteiger partial charge is 0.322 e. The zero-order valence-electron chi connectivity index (χ0n) is 14.0. The molecule has 0 fully saturated rings. The van der Waals surface area contributed by atoms with Gasteiger partial charge in [0.25, 0.3) is 0 Å². The average Bonchev–Trinajstić information content (AvgIpc) is 3.26. The molecule has 0 bridgehead atoms. The number of nitro groups is 1. The predicted octanol–water partition coefficient (Wildman–Crippen LogP) is 3.03. The molecule has 1 N–H and O–H groups in total. The number of anilines is 1. The lowest BCUT2D eigenvalue weighted by Gasteiger charge is -2.10. The van der Waals surface area contributed by atoms with E-state index in [0.29, 0.717) is 17.8 Å². The summed E-state index contributed by atoms with van der Waals surface area (Å²) in [5.41, 5.74) is 0.918. The maximum absolute atomic E-state index is 13.1. The minimum absolute atomic E-state index is 0.196. The Labute approximate surface area is 157 Å². The van der Waals surface area contributed by atoms with Crippen LogP contribution in [0, 0.1) is 15.9 Å². The van der Waals surface area contributed by atoms with Crippen LogP contribution in [-0.2, 0) is 11.3 Å². The van der Waals surface area contributed by atoms with Crippen molar-refractivity contribution in [1.29, 1.82) is 0 Å². The van der Waals surface area contributed by atoms with E-state index >= 15 is 0 Å². The number of benzene rings is 1. The highest BCUT2D eigenvalue weighted by Crippen LogP contribution is 2.19. The van der Waals surface area contributed by atoms with Crippen LogP contribution in [-0.4, -0.2) is 30.4 Å². The molecule has 140 valence electrons. The smallest absolute Gasteiger partial charge is 0.307 e. The molecule has 3 rings (SSSR count). The molecule has 0 saturated carbocycles. The fourth-order valence-corrected chi connectivity index (χ4v) is 2.57. The summed E-state index contributed by atoms with van der Waals surface area (Å²) in [5.74, 6) is -0.836. The van der Waals surface area contributed by atoms with E-state index in [-0.39, 0.29) is 10.7 Å². The Kier molecular flexibility index (Phi) is 5.17. The van der Waals surface area contributed by atoms with E-state index in [2.05, 4.69) is 15.5 Å². The first-order chi connectivity index (χ1) is 12.8. The Bertz CT molecular complexity index is 1000. The van der Waals surface area contributed by atoms with Crippen LogP contribution < -0.4 is 5.32 Å². The molecule has 11 heteroatoms. The van der Waals surface area contributed by atoms with Crippen LogP contribution in [0.3, 0.4) is 0 Å². The highest BCUT2D eigenvalue weighted by molar-refractivity contribution is 6.31. The van der Waals surface area contributed by atoms with Crippen molar-refractivity contribution in [3.63, 3.8) is 0 Å². The van der Waals surface area contributed by atoms with E-state index in [4.69, 9.17) is 11.6 Å². The molecule has 1 atom stereocenters. The van der Waals surface area contributed by atoms with Gasteiger partial charge in [-0.1, -0.05) is 17.7 Å². The fraction of sp³-hybridized carbons (Fsp3) is 0.188. The monoisotopic (exact) mass is 392 g/mol. The number of hydrogen-bond donors (Lipinski definition) is 1. The van der Waals surface area contributed by atoms with Crippen LogP contribution in [0.25, 0.3) is 0 Å². The summed E-state index contributed by atoms with van der Waals surface area (Å²) in [6.45, 7) is 1.87. The molecule has 1 aromatic carbocycles. The highest BCUT2D eigenvalue weighted by Gasteiger charge is 2.19. The van der Waals surface area contributed by atoms with Crippen LogP contribution in [0.15, 0.2) is 43.0 Å². The first-order valence-electron chi connectivity index (χ1n) is 7.79. The second-order valence-electron chi connectivity index (χ2n) is 5.76. The van der Waals surface area contributed by atoms with Gasteiger partial charge in [-0.05, 0) is 24.6 Å². The van der Waals surface area contributed by atoms with Crippen LogP contribution in [0.2, 0.25) is 5.02 Å². The summed E-state index contributed by atoms with van der Waals surface area (Å²) in [5, 5.41) is 21.6. The van der Waals surface area contributed by atoms with Gasteiger partial charge < -0.3 is 5.32 Å². The number of halogens is 2. The van der Waals surface area contributed by atoms with Gasteiger partial charge in [0.15, 0.2) is 0 Å². The standard InChI is InChI=1S/C16H14ClFN6O3/c1-10(23-9-14(6-20-23)24(26)27)16(25)21-13-5-19-22(8-13)7-11-2-3-12(18)4-15(11)17/h2-6,8-10H,7H2,1H3,(H,21,25). The minimum atomic E-state index is -0.756. The Morgan fingerprint density at radius 3 is 2.81 bits per heavy atom. The minimum Gasteiger partial charge on any atom is -0.322 e. The van der Waals surface area contributed by atoms with Crippen LogP contribution in [0.1, 0.15) is 18.5 Å². The second-order valence-corrected chi connectivity index (χ2v) is 6.17. The number of hydrogen-bond acceptors (Lipinski definition) is 5. The summed E-state index contributed by atoms with van der Waals surface area (Å²) in [6, 6.07) is 3.32. The lowest BCUT2D eigenvalue weighted by Crippen LogP contribution is -2.23. The summed E-state index contributed by atoms with van der Waals surface area (Å²) in [7, 11) is 0. The molecular formula is C16H14ClFN6O3. The molecule has 2 heterocycles. The molecular weight excluding hydrogens is 379 g/mol. The molecule has 0 aliphatic carbocycles. The van der Waals surface area contributed by atoms with Gasteiger partial charge in [0.1, 0.15) is 24.3 Å². The molecule has 2 aromatic heterocycles. The number of carbonyl (C=O) groups excluding carboxylic acids is 1. The number of carbonyl (C=O) groups is 1. The van der Waals surface area contributed by atoms with Crippen LogP contribution >= 0.6 is 11.6 Å². The van der Waals surface area contributed by atoms with Gasteiger partial charge in [-0.3, -0.25) is 24.3 Å². The van der Waals surface area contributed by atoms with Crippen LogP contribution in [0.5, 0.6) is 0 Å². The highest BCUT2D eigenvalue weighted by atomic mass is 35.5. The van der Waals surface area contributed by atoms with Crippen molar-refractivity contribution in [1.82, 2.24) is 19.6 Å². The molecule has 0 aliphatic heterocycles. The number of nitrogens with one attached hydrogen (secondary N) is 1. The second kappa shape index (κ2) is 7.54. The third-order valence-corrected chi connectivity index (χ3v) is 4.18. The van der Waals surface area contributed by atoms with E-state index in [9.17, 15) is 19.3 Å². The van der Waals surface area contributed by atoms with Gasteiger partial charge in [0.2, 0.25) is 5.91 Å². The molecule has 0 aliphatic rings. The van der Waals surface area contributed by atoms with Crippen molar-refractivity contribution in [2.75, 3.05) is 5.32 Å². The number of amides is 1. The van der Waals surface area contributed by atoms with Gasteiger partial charge >= 0.3 is 5.69 Å². The summed E-state index contributed by atoms with van der Waals surface area (Å²) in [4.78, 5) is 22.4. The quantitative estimate of drug-likeness (QED) is 0.512. The van der Waals surface area contributed by atoms with Gasteiger partial charge in [0, 0.05) is 11.2 Å². The molecule has 27 heavy (non-hydrogen) atoms. The Morgan fingerprint density at radius 1 is 1.37 bits per heavy atom. The predicted molar refractivity (Wildman–Crippen MR) is 95.0 cm³/mol. The van der Waals surface area contributed by atoms with E-state index in [1.165, 1.54) is 33.9 Å². The molecule has 1 unspecified atom stereocenters. The van der Waals surface area contributed by atoms with Crippen LogP contribution in [0.4, 0.5) is 15.8 Å². The van der Waals surface area contributed by atoms with Crippen molar-refractivity contribution >= 4 is 28.9 Å². The van der Waals surface area contributed by atoms with Crippen molar-refractivity contribution in [2.24, 2.45) is 0 Å². The normalized spacial score (nSPS) is 12.0. The van der Waals surface area contributed by atoms with Crippen molar-refractivity contribution < 1.29 is 14.1 Å². The maximum atomic E-state index is 13.1. The molecule has 0 saturated heterocycles. The first kappa shape index (κ1) is 18.5. The Hall–Kier alpha value is -3.27. The Balaban J connectivity index is 1.65. The zero-order chi connectivity index (χ0) is 19.6. The number of rotatable bonds is 6. The first-order valence-corrected chi connectivity index (χ1v) is 8.17. The van der Waals surface area contributed by atoms with Gasteiger partial charge in [-0.2, -0.15) is 10.2 Å². The van der Waals surface area contributed by atoms with Crippen molar-refractivity contribution in [3.05, 3.63) is 69.5 Å². The molecule has 1 amide bonds. The maximum Gasteiger partial charge on any atom is 0.307 e. The van der Waals surface area contributed by atoms with Gasteiger partial charge in [0.05, 0.1) is 23.4 Å². The molecule has 3 aromatic rings. The van der Waals surface area contributed by atoms with E-state index in [1.807, 2.05) is 0 Å². The third kappa shape index (κ3) is 4.29. The molecule has 9 nitrogen and oxygen atoms in total. The van der Waals surface area contributed by atoms with E-state index in [0.717, 1.165) is 6.20 Å². The van der Waals surface area contributed by atoms with E-state index in [1.54, 1.807) is 19.2 Å². The van der Waals surface area contributed by atoms with Gasteiger partial charge in [-0.15, -0.1) is 0 Å². The average molecular weight is 393 g/mol. The number of nitrogens with zero attached hydrogens (tertiary/aromatic N) is 5. The lowest BCUT2D eigenvalue weighted by atomic mass is 10.2. The third-order valence-electron chi connectivity index (χ3n) is 3.82. The van der Waals surface area contributed by atoms with Crippen molar-refractivity contribution in [2.45, 2.75) is 19.5 Å².